The second-order valence-corrected chi connectivity index (χ2v) is 6.93. The lowest BCUT2D eigenvalue weighted by molar-refractivity contribution is 0.113. The number of piperidine rings is 1. The number of aromatic nitrogens is 2. The first kappa shape index (κ1) is 14.3. The molecule has 2 aromatic heterocycles. The lowest BCUT2D eigenvalue weighted by Gasteiger charge is -2.28. The molecule has 3 rings (SSSR count). The maximum absolute atomic E-state index is 12.9. The molecule has 1 fully saturated rings. The first-order chi connectivity index (χ1) is 10.0. The summed E-state index contributed by atoms with van der Waals surface area (Å²) in [5.74, 6) is 0.340. The lowest BCUT2D eigenvalue weighted by atomic mass is 10.1. The van der Waals surface area contributed by atoms with E-state index in [4.69, 9.17) is 0 Å². The van der Waals surface area contributed by atoms with E-state index in [-0.39, 0.29) is 5.03 Å². The number of fused-ring (bicyclic) bond motifs is 1. The Morgan fingerprint density at radius 1 is 1.33 bits per heavy atom. The van der Waals surface area contributed by atoms with E-state index in [1.54, 1.807) is 29.8 Å². The van der Waals surface area contributed by atoms with Crippen LogP contribution in [0.5, 0.6) is 0 Å². The molecule has 1 aliphatic heterocycles. The number of hydrogen-bond acceptors (Lipinski definition) is 5. The number of hydrogen-bond donors (Lipinski definition) is 2. The molecular formula is C13H18N4O3S. The van der Waals surface area contributed by atoms with Gasteiger partial charge in [-0.3, -0.25) is 4.40 Å². The van der Waals surface area contributed by atoms with E-state index in [9.17, 15) is 13.5 Å². The monoisotopic (exact) mass is 310 g/mol. The van der Waals surface area contributed by atoms with Crippen molar-refractivity contribution in [2.75, 3.05) is 25.5 Å². The summed E-state index contributed by atoms with van der Waals surface area (Å²) in [6.45, 7) is 0.652. The highest BCUT2D eigenvalue weighted by Gasteiger charge is 2.33. The number of nitrogens with one attached hydrogen (secondary N) is 1. The molecule has 0 atom stereocenters. The minimum atomic E-state index is -3.65. The van der Waals surface area contributed by atoms with Crippen LogP contribution in [0, 0.1) is 0 Å². The number of aliphatic hydroxyl groups is 1. The van der Waals surface area contributed by atoms with Gasteiger partial charge in [0.05, 0.1) is 6.10 Å². The SMILES string of the molecule is CNc1nc2ccccn2c1S(=O)(=O)N1CCC(O)CC1. The fourth-order valence-electron chi connectivity index (χ4n) is 2.59. The molecule has 3 heterocycles. The summed E-state index contributed by atoms with van der Waals surface area (Å²) in [7, 11) is -2.00. The third-order valence-electron chi connectivity index (χ3n) is 3.73. The molecule has 8 heteroatoms. The molecule has 7 nitrogen and oxygen atoms in total. The Hall–Kier alpha value is -1.64. The number of imidazole rings is 1. The van der Waals surface area contributed by atoms with Crippen molar-refractivity contribution in [2.24, 2.45) is 0 Å². The van der Waals surface area contributed by atoms with Crippen molar-refractivity contribution in [3.05, 3.63) is 24.4 Å². The Labute approximate surface area is 123 Å². The molecule has 1 saturated heterocycles. The highest BCUT2D eigenvalue weighted by atomic mass is 32.2. The molecule has 2 N–H and O–H groups in total. The molecule has 0 spiro atoms. The molecule has 114 valence electrons. The minimum absolute atomic E-state index is 0.150. The van der Waals surface area contributed by atoms with Gasteiger partial charge in [-0.05, 0) is 25.0 Å². The molecule has 0 aromatic carbocycles. The fourth-order valence-corrected chi connectivity index (χ4v) is 4.32. The van der Waals surface area contributed by atoms with E-state index in [2.05, 4.69) is 10.3 Å². The van der Waals surface area contributed by atoms with E-state index in [0.29, 0.717) is 37.4 Å². The summed E-state index contributed by atoms with van der Waals surface area (Å²) in [5, 5.41) is 12.5. The average Bonchev–Trinajstić information content (AvgIpc) is 2.87. The van der Waals surface area contributed by atoms with Crippen LogP contribution in [0.1, 0.15) is 12.8 Å². The van der Waals surface area contributed by atoms with Crippen LogP contribution in [0.2, 0.25) is 0 Å². The number of nitrogens with zero attached hydrogens (tertiary/aromatic N) is 3. The summed E-state index contributed by atoms with van der Waals surface area (Å²) in [6.07, 6.45) is 2.20. The number of sulfonamides is 1. The number of anilines is 1. The molecule has 2 aromatic rings. The van der Waals surface area contributed by atoms with Crippen molar-refractivity contribution in [3.8, 4) is 0 Å². The van der Waals surface area contributed by atoms with Gasteiger partial charge in [-0.2, -0.15) is 4.31 Å². The first-order valence-electron chi connectivity index (χ1n) is 6.87. The maximum atomic E-state index is 12.9. The lowest BCUT2D eigenvalue weighted by Crippen LogP contribution is -2.40. The smallest absolute Gasteiger partial charge is 0.262 e. The van der Waals surface area contributed by atoms with Crippen molar-refractivity contribution in [1.82, 2.24) is 13.7 Å². The summed E-state index contributed by atoms with van der Waals surface area (Å²) < 4.78 is 28.8. The molecule has 21 heavy (non-hydrogen) atoms. The van der Waals surface area contributed by atoms with Crippen molar-refractivity contribution in [3.63, 3.8) is 0 Å². The van der Waals surface area contributed by atoms with Crippen molar-refractivity contribution in [1.29, 1.82) is 0 Å². The van der Waals surface area contributed by atoms with Crippen LogP contribution in [0.15, 0.2) is 29.4 Å². The van der Waals surface area contributed by atoms with Crippen LogP contribution in [-0.2, 0) is 10.0 Å². The van der Waals surface area contributed by atoms with E-state index >= 15 is 0 Å². The van der Waals surface area contributed by atoms with Crippen LogP contribution in [0.25, 0.3) is 5.65 Å². The van der Waals surface area contributed by atoms with Gasteiger partial charge in [0.1, 0.15) is 5.65 Å². The molecule has 0 bridgehead atoms. The molecule has 0 amide bonds. The zero-order valence-corrected chi connectivity index (χ0v) is 12.5. The van der Waals surface area contributed by atoms with Gasteiger partial charge in [0.2, 0.25) is 0 Å². The molecule has 0 saturated carbocycles. The third kappa shape index (κ3) is 2.39. The minimum Gasteiger partial charge on any atom is -0.393 e. The topological polar surface area (TPSA) is 86.9 Å². The van der Waals surface area contributed by atoms with Gasteiger partial charge in [0.25, 0.3) is 10.0 Å². The molecule has 0 aliphatic carbocycles. The highest BCUT2D eigenvalue weighted by Crippen LogP contribution is 2.27. The standard InChI is InChI=1S/C13H18N4O3S/c1-14-12-13(17-7-3-2-4-11(17)15-12)21(19,20)16-8-5-10(18)6-9-16/h2-4,7,10,14,18H,5-6,8-9H2,1H3. The predicted octanol–water partition coefficient (Wildman–Crippen LogP) is 0.521. The van der Waals surface area contributed by atoms with Crippen LogP contribution in [0.3, 0.4) is 0 Å². The van der Waals surface area contributed by atoms with Gasteiger partial charge in [-0.25, -0.2) is 13.4 Å². The van der Waals surface area contributed by atoms with Gasteiger partial charge >= 0.3 is 0 Å². The normalized spacial score (nSPS) is 18.2. The average molecular weight is 310 g/mol. The van der Waals surface area contributed by atoms with Crippen molar-refractivity contribution < 1.29 is 13.5 Å². The van der Waals surface area contributed by atoms with Crippen molar-refractivity contribution >= 4 is 21.5 Å². The number of aliphatic hydroxyl groups excluding tert-OH is 1. The zero-order valence-electron chi connectivity index (χ0n) is 11.7. The Kier molecular flexibility index (Phi) is 3.60. The summed E-state index contributed by atoms with van der Waals surface area (Å²) in [6, 6.07) is 5.35. The highest BCUT2D eigenvalue weighted by molar-refractivity contribution is 7.89. The first-order valence-corrected chi connectivity index (χ1v) is 8.31. The Morgan fingerprint density at radius 2 is 2.05 bits per heavy atom. The second kappa shape index (κ2) is 5.28. The Morgan fingerprint density at radius 3 is 2.71 bits per heavy atom. The van der Waals surface area contributed by atoms with Crippen molar-refractivity contribution in [2.45, 2.75) is 24.0 Å². The Balaban J connectivity index is 2.10. The zero-order chi connectivity index (χ0) is 15.0. The second-order valence-electron chi connectivity index (χ2n) is 5.08. The Bertz CT molecular complexity index is 748. The number of pyridine rings is 1. The fraction of sp³-hybridized carbons (Fsp3) is 0.462. The van der Waals surface area contributed by atoms with Crippen LogP contribution < -0.4 is 5.32 Å². The van der Waals surface area contributed by atoms with E-state index < -0.39 is 16.1 Å². The molecule has 0 unspecified atom stereocenters. The van der Waals surface area contributed by atoms with Gasteiger partial charge in [0.15, 0.2) is 10.8 Å². The van der Waals surface area contributed by atoms with E-state index in [1.165, 1.54) is 4.31 Å². The van der Waals surface area contributed by atoms with Gasteiger partial charge in [-0.15, -0.1) is 0 Å². The van der Waals surface area contributed by atoms with E-state index in [1.807, 2.05) is 6.07 Å². The van der Waals surface area contributed by atoms with Crippen LogP contribution >= 0.6 is 0 Å². The van der Waals surface area contributed by atoms with Gasteiger partial charge in [-0.1, -0.05) is 6.07 Å². The third-order valence-corrected chi connectivity index (χ3v) is 5.65. The van der Waals surface area contributed by atoms with Gasteiger partial charge < -0.3 is 10.4 Å². The quantitative estimate of drug-likeness (QED) is 0.863. The predicted molar refractivity (Wildman–Crippen MR) is 78.7 cm³/mol. The van der Waals surface area contributed by atoms with Crippen LogP contribution in [-0.4, -0.2) is 53.5 Å². The summed E-state index contributed by atoms with van der Waals surface area (Å²) >= 11 is 0. The molecular weight excluding hydrogens is 292 g/mol. The number of rotatable bonds is 3. The summed E-state index contributed by atoms with van der Waals surface area (Å²) in [5.41, 5.74) is 0.581. The maximum Gasteiger partial charge on any atom is 0.262 e. The molecule has 1 aliphatic rings. The molecule has 0 radical (unpaired) electrons. The van der Waals surface area contributed by atoms with Crippen LogP contribution in [0.4, 0.5) is 5.82 Å². The summed E-state index contributed by atoms with van der Waals surface area (Å²) in [4.78, 5) is 4.30. The van der Waals surface area contributed by atoms with Gasteiger partial charge in [0, 0.05) is 26.3 Å². The van der Waals surface area contributed by atoms with E-state index in [0.717, 1.165) is 0 Å². The largest absolute Gasteiger partial charge is 0.393 e.